The molecular formula is C33H48N2O9. The monoisotopic (exact) mass is 616 g/mol. The summed E-state index contributed by atoms with van der Waals surface area (Å²) in [7, 11) is 3.36. The van der Waals surface area contributed by atoms with Crippen molar-refractivity contribution in [1.29, 1.82) is 0 Å². The van der Waals surface area contributed by atoms with Gasteiger partial charge in [0.25, 0.3) is 0 Å². The van der Waals surface area contributed by atoms with Gasteiger partial charge in [-0.1, -0.05) is 30.3 Å². The van der Waals surface area contributed by atoms with Gasteiger partial charge in [-0.3, -0.25) is 0 Å². The van der Waals surface area contributed by atoms with Crippen molar-refractivity contribution in [3.63, 3.8) is 0 Å². The van der Waals surface area contributed by atoms with Gasteiger partial charge in [-0.05, 0) is 48.6 Å². The SMILES string of the molecule is COCCCN1CCOc2ccc(CO[C@H]3CN(C(=O)O)C[C@@H](OCCC(C)O)[C@@H]3c3ccc(COCCOC)cc3)cc21. The fourth-order valence-electron chi connectivity index (χ4n) is 5.68. The molecule has 2 heterocycles. The maximum Gasteiger partial charge on any atom is 0.407 e. The first kappa shape index (κ1) is 34.0. The molecule has 2 N–H and O–H groups in total. The van der Waals surface area contributed by atoms with E-state index in [2.05, 4.69) is 11.0 Å². The molecule has 0 aliphatic carbocycles. The Labute approximate surface area is 260 Å². The topological polar surface area (TPSA) is 119 Å². The van der Waals surface area contributed by atoms with E-state index in [4.69, 9.17) is 28.4 Å². The van der Waals surface area contributed by atoms with E-state index >= 15 is 0 Å². The molecule has 4 rings (SSSR count). The molecule has 0 bridgehead atoms. The molecule has 11 heteroatoms. The smallest absolute Gasteiger partial charge is 0.407 e. The Bertz CT molecular complexity index is 1150. The first-order valence-electron chi connectivity index (χ1n) is 15.4. The second-order valence-electron chi connectivity index (χ2n) is 11.4. The minimum atomic E-state index is -1.01. The van der Waals surface area contributed by atoms with Crippen molar-refractivity contribution in [3.8, 4) is 5.75 Å². The number of carbonyl (C=O) groups is 1. The van der Waals surface area contributed by atoms with E-state index in [1.54, 1.807) is 21.1 Å². The van der Waals surface area contributed by atoms with E-state index in [9.17, 15) is 15.0 Å². The maximum absolute atomic E-state index is 12.2. The van der Waals surface area contributed by atoms with Gasteiger partial charge in [0.2, 0.25) is 0 Å². The van der Waals surface area contributed by atoms with Gasteiger partial charge in [-0.25, -0.2) is 4.79 Å². The number of hydrogen-bond donors (Lipinski definition) is 2. The summed E-state index contributed by atoms with van der Waals surface area (Å²) in [6, 6.07) is 14.2. The molecule has 2 aliphatic rings. The third-order valence-corrected chi connectivity index (χ3v) is 8.03. The third-order valence-electron chi connectivity index (χ3n) is 8.03. The van der Waals surface area contributed by atoms with Crippen molar-refractivity contribution in [2.24, 2.45) is 0 Å². The first-order chi connectivity index (χ1) is 21.4. The number of rotatable bonds is 17. The Balaban J connectivity index is 1.53. The van der Waals surface area contributed by atoms with Crippen LogP contribution in [0.1, 0.15) is 42.4 Å². The number of anilines is 1. The zero-order chi connectivity index (χ0) is 31.3. The molecule has 11 nitrogen and oxygen atoms in total. The molecule has 1 unspecified atom stereocenters. The molecule has 2 aromatic rings. The lowest BCUT2D eigenvalue weighted by atomic mass is 9.84. The Morgan fingerprint density at radius 3 is 2.39 bits per heavy atom. The number of hydrogen-bond acceptors (Lipinski definition) is 9. The molecule has 2 aliphatic heterocycles. The van der Waals surface area contributed by atoms with Crippen molar-refractivity contribution >= 4 is 11.8 Å². The summed E-state index contributed by atoms with van der Waals surface area (Å²) in [5.74, 6) is 0.637. The van der Waals surface area contributed by atoms with Gasteiger partial charge in [-0.2, -0.15) is 0 Å². The molecule has 0 radical (unpaired) electrons. The highest BCUT2D eigenvalue weighted by atomic mass is 16.5. The van der Waals surface area contributed by atoms with Gasteiger partial charge in [0.15, 0.2) is 0 Å². The van der Waals surface area contributed by atoms with E-state index in [0.29, 0.717) is 52.7 Å². The minimum Gasteiger partial charge on any atom is -0.490 e. The van der Waals surface area contributed by atoms with Crippen LogP contribution in [0.25, 0.3) is 0 Å². The number of aliphatic hydroxyl groups is 1. The molecule has 0 spiro atoms. The van der Waals surface area contributed by atoms with Gasteiger partial charge < -0.3 is 48.4 Å². The molecule has 1 saturated heterocycles. The maximum atomic E-state index is 12.2. The Morgan fingerprint density at radius 1 is 0.955 bits per heavy atom. The van der Waals surface area contributed by atoms with Crippen molar-refractivity contribution < 1.29 is 43.4 Å². The largest absolute Gasteiger partial charge is 0.490 e. The summed E-state index contributed by atoms with van der Waals surface area (Å²) >= 11 is 0. The fourth-order valence-corrected chi connectivity index (χ4v) is 5.68. The number of methoxy groups -OCH3 is 2. The number of piperidine rings is 1. The highest BCUT2D eigenvalue weighted by Gasteiger charge is 2.41. The first-order valence-corrected chi connectivity index (χ1v) is 15.4. The van der Waals surface area contributed by atoms with Crippen LogP contribution in [0.4, 0.5) is 10.5 Å². The predicted octanol–water partition coefficient (Wildman–Crippen LogP) is 3.90. The second kappa shape index (κ2) is 17.5. The number of benzene rings is 2. The van der Waals surface area contributed by atoms with Crippen molar-refractivity contribution in [2.75, 3.05) is 78.3 Å². The van der Waals surface area contributed by atoms with Crippen LogP contribution in [0.3, 0.4) is 0 Å². The number of ether oxygens (including phenoxy) is 6. The molecule has 0 saturated carbocycles. The zero-order valence-corrected chi connectivity index (χ0v) is 26.2. The van der Waals surface area contributed by atoms with Crippen LogP contribution < -0.4 is 9.64 Å². The van der Waals surface area contributed by atoms with Gasteiger partial charge in [0.1, 0.15) is 12.4 Å². The Hall–Kier alpha value is -2.93. The quantitative estimate of drug-likeness (QED) is 0.253. The van der Waals surface area contributed by atoms with E-state index < -0.39 is 24.4 Å². The number of amides is 1. The summed E-state index contributed by atoms with van der Waals surface area (Å²) in [5.41, 5.74) is 4.05. The molecule has 0 aromatic heterocycles. The zero-order valence-electron chi connectivity index (χ0n) is 26.2. The number of likely N-dealkylation sites (tertiary alicyclic amines) is 1. The lowest BCUT2D eigenvalue weighted by molar-refractivity contribution is -0.0921. The number of aliphatic hydroxyl groups excluding tert-OH is 1. The molecule has 244 valence electrons. The molecule has 4 atom stereocenters. The van der Waals surface area contributed by atoms with E-state index in [1.165, 1.54) is 4.90 Å². The summed E-state index contributed by atoms with van der Waals surface area (Å²) in [5, 5.41) is 19.8. The summed E-state index contributed by atoms with van der Waals surface area (Å²) < 4.78 is 34.7. The summed E-state index contributed by atoms with van der Waals surface area (Å²) in [4.78, 5) is 15.8. The van der Waals surface area contributed by atoms with E-state index in [-0.39, 0.29) is 19.0 Å². The summed E-state index contributed by atoms with van der Waals surface area (Å²) in [6.07, 6.45) is -1.05. The lowest BCUT2D eigenvalue weighted by Gasteiger charge is -2.42. The van der Waals surface area contributed by atoms with Crippen LogP contribution in [-0.2, 0) is 36.9 Å². The molecule has 1 amide bonds. The van der Waals surface area contributed by atoms with E-state index in [0.717, 1.165) is 47.6 Å². The normalized spacial score (nSPS) is 20.7. The molecule has 1 fully saturated rings. The van der Waals surface area contributed by atoms with Gasteiger partial charge in [-0.15, -0.1) is 0 Å². The number of nitrogens with zero attached hydrogens (tertiary/aromatic N) is 2. The molecule has 44 heavy (non-hydrogen) atoms. The lowest BCUT2D eigenvalue weighted by Crippen LogP contribution is -2.54. The fraction of sp³-hybridized carbons (Fsp3) is 0.606. The van der Waals surface area contributed by atoms with Crippen LogP contribution in [0, 0.1) is 0 Å². The molecule has 2 aromatic carbocycles. The average Bonchev–Trinajstić information content (AvgIpc) is 3.02. The minimum absolute atomic E-state index is 0.213. The van der Waals surface area contributed by atoms with Gasteiger partial charge in [0, 0.05) is 39.9 Å². The molecular weight excluding hydrogens is 568 g/mol. The average molecular weight is 617 g/mol. The highest BCUT2D eigenvalue weighted by Crippen LogP contribution is 2.36. The third kappa shape index (κ3) is 9.79. The number of fused-ring (bicyclic) bond motifs is 1. The van der Waals surface area contributed by atoms with Crippen molar-refractivity contribution in [2.45, 2.75) is 57.2 Å². The number of carboxylic acid groups (broad SMARTS) is 1. The van der Waals surface area contributed by atoms with Crippen molar-refractivity contribution in [3.05, 3.63) is 59.2 Å². The highest BCUT2D eigenvalue weighted by molar-refractivity contribution is 5.65. The van der Waals surface area contributed by atoms with Crippen LogP contribution in [0.5, 0.6) is 5.75 Å². The van der Waals surface area contributed by atoms with Gasteiger partial charge >= 0.3 is 6.09 Å². The van der Waals surface area contributed by atoms with Crippen LogP contribution in [0.2, 0.25) is 0 Å². The predicted molar refractivity (Wildman–Crippen MR) is 166 cm³/mol. The van der Waals surface area contributed by atoms with E-state index in [1.807, 2.05) is 36.4 Å². The van der Waals surface area contributed by atoms with Crippen molar-refractivity contribution in [1.82, 2.24) is 4.90 Å². The Kier molecular flexibility index (Phi) is 13.5. The summed E-state index contributed by atoms with van der Waals surface area (Å²) in [6.45, 7) is 7.29. The van der Waals surface area contributed by atoms with Crippen LogP contribution in [0.15, 0.2) is 42.5 Å². The second-order valence-corrected chi connectivity index (χ2v) is 11.4. The van der Waals surface area contributed by atoms with Crippen LogP contribution >= 0.6 is 0 Å². The van der Waals surface area contributed by atoms with Crippen LogP contribution in [-0.4, -0.2) is 113 Å². The standard InChI is InChI=1S/C33H48N2O9/c1-24(36)11-15-42-30-20-35(33(37)38)21-31(32(30)27-8-5-25(6-9-27)22-41-18-17-40-3)44-23-26-7-10-29-28(19-26)34(13-16-43-29)12-4-14-39-2/h5-10,19,24,30-32,36H,4,11-18,20-23H2,1-3H3,(H,37,38)/t24?,30-,31+,32+/m1/s1. The Morgan fingerprint density at radius 2 is 1.68 bits per heavy atom. The van der Waals surface area contributed by atoms with Gasteiger partial charge in [0.05, 0.1) is 70.1 Å².